The Labute approximate surface area is 80.5 Å². The maximum Gasteiger partial charge on any atom is 0.0154 e. The van der Waals surface area contributed by atoms with Gasteiger partial charge in [0, 0.05) is 5.54 Å². The van der Waals surface area contributed by atoms with Gasteiger partial charge in [0.1, 0.15) is 0 Å². The van der Waals surface area contributed by atoms with Crippen LogP contribution in [0.4, 0.5) is 0 Å². The van der Waals surface area contributed by atoms with E-state index < -0.39 is 0 Å². The quantitative estimate of drug-likeness (QED) is 0.670. The van der Waals surface area contributed by atoms with E-state index in [2.05, 4.69) is 6.92 Å². The summed E-state index contributed by atoms with van der Waals surface area (Å²) >= 11 is 2.03. The molecule has 0 atom stereocenters. The molecule has 2 N–H and O–H groups in total. The lowest BCUT2D eigenvalue weighted by molar-refractivity contribution is 0.402. The van der Waals surface area contributed by atoms with Crippen molar-refractivity contribution in [3.63, 3.8) is 0 Å². The van der Waals surface area contributed by atoms with E-state index in [9.17, 15) is 0 Å². The molecule has 0 aliphatic heterocycles. The van der Waals surface area contributed by atoms with Crippen LogP contribution in [0.1, 0.15) is 45.4 Å². The first-order valence-corrected chi connectivity index (χ1v) is 6.29. The van der Waals surface area contributed by atoms with Crippen LogP contribution in [0.5, 0.6) is 0 Å². The standard InChI is InChI=1S/C10H21NS/c1-2-12-9-5-8-10(11)6-3-4-7-10/h2-9,11H2,1H3. The van der Waals surface area contributed by atoms with Crippen molar-refractivity contribution in [2.75, 3.05) is 11.5 Å². The van der Waals surface area contributed by atoms with Gasteiger partial charge in [0.15, 0.2) is 0 Å². The molecule has 0 saturated heterocycles. The van der Waals surface area contributed by atoms with Crippen molar-refractivity contribution in [2.45, 2.75) is 51.0 Å². The highest BCUT2D eigenvalue weighted by molar-refractivity contribution is 7.99. The summed E-state index contributed by atoms with van der Waals surface area (Å²) in [5, 5.41) is 0. The molecule has 1 aliphatic rings. The van der Waals surface area contributed by atoms with E-state index in [0.717, 1.165) is 0 Å². The van der Waals surface area contributed by atoms with Gasteiger partial charge in [0.2, 0.25) is 0 Å². The van der Waals surface area contributed by atoms with Crippen LogP contribution in [0, 0.1) is 0 Å². The molecule has 0 amide bonds. The van der Waals surface area contributed by atoms with Gasteiger partial charge in [-0.2, -0.15) is 11.8 Å². The van der Waals surface area contributed by atoms with Gasteiger partial charge in [-0.15, -0.1) is 0 Å². The third-order valence-corrected chi connectivity index (χ3v) is 3.75. The minimum Gasteiger partial charge on any atom is -0.325 e. The number of hydrogen-bond acceptors (Lipinski definition) is 2. The van der Waals surface area contributed by atoms with Gasteiger partial charge >= 0.3 is 0 Å². The fourth-order valence-electron chi connectivity index (χ4n) is 2.00. The van der Waals surface area contributed by atoms with E-state index in [-0.39, 0.29) is 5.54 Å². The Kier molecular flexibility index (Phi) is 4.44. The molecule has 2 heteroatoms. The summed E-state index contributed by atoms with van der Waals surface area (Å²) in [5.41, 5.74) is 6.46. The molecule has 0 aromatic heterocycles. The van der Waals surface area contributed by atoms with Crippen LogP contribution in [0.25, 0.3) is 0 Å². The normalized spacial score (nSPS) is 21.5. The van der Waals surface area contributed by atoms with Crippen molar-refractivity contribution in [3.8, 4) is 0 Å². The number of thioether (sulfide) groups is 1. The first kappa shape index (κ1) is 10.4. The van der Waals surface area contributed by atoms with Crippen LogP contribution in [-0.4, -0.2) is 17.0 Å². The lowest BCUT2D eigenvalue weighted by Gasteiger charge is -2.22. The fraction of sp³-hybridized carbons (Fsp3) is 1.00. The fourth-order valence-corrected chi connectivity index (χ4v) is 2.64. The highest BCUT2D eigenvalue weighted by atomic mass is 32.2. The summed E-state index contributed by atoms with van der Waals surface area (Å²) in [6, 6.07) is 0. The van der Waals surface area contributed by atoms with E-state index in [1.165, 1.54) is 50.0 Å². The average molecular weight is 187 g/mol. The zero-order chi connectivity index (χ0) is 8.86. The maximum atomic E-state index is 6.23. The summed E-state index contributed by atoms with van der Waals surface area (Å²) in [4.78, 5) is 0. The molecule has 1 rings (SSSR count). The van der Waals surface area contributed by atoms with E-state index in [1.807, 2.05) is 11.8 Å². The minimum absolute atomic E-state index is 0.230. The summed E-state index contributed by atoms with van der Waals surface area (Å²) in [7, 11) is 0. The Morgan fingerprint density at radius 1 is 1.33 bits per heavy atom. The van der Waals surface area contributed by atoms with Gasteiger partial charge in [-0.05, 0) is 37.2 Å². The Bertz CT molecular complexity index is 119. The maximum absolute atomic E-state index is 6.23. The molecular weight excluding hydrogens is 166 g/mol. The summed E-state index contributed by atoms with van der Waals surface area (Å²) in [6.45, 7) is 2.22. The molecule has 0 spiro atoms. The molecule has 0 radical (unpaired) electrons. The monoisotopic (exact) mass is 187 g/mol. The number of nitrogens with two attached hydrogens (primary N) is 1. The minimum atomic E-state index is 0.230. The smallest absolute Gasteiger partial charge is 0.0154 e. The number of rotatable bonds is 5. The van der Waals surface area contributed by atoms with Crippen LogP contribution in [0.3, 0.4) is 0 Å². The molecule has 0 heterocycles. The Morgan fingerprint density at radius 2 is 2.00 bits per heavy atom. The molecule has 0 unspecified atom stereocenters. The van der Waals surface area contributed by atoms with Crippen molar-refractivity contribution in [1.29, 1.82) is 0 Å². The summed E-state index contributed by atoms with van der Waals surface area (Å²) in [6.07, 6.45) is 7.82. The second-order valence-corrected chi connectivity index (χ2v) is 5.26. The van der Waals surface area contributed by atoms with Gasteiger partial charge in [-0.25, -0.2) is 0 Å². The zero-order valence-corrected chi connectivity index (χ0v) is 8.96. The topological polar surface area (TPSA) is 26.0 Å². The first-order valence-electron chi connectivity index (χ1n) is 5.13. The largest absolute Gasteiger partial charge is 0.325 e. The predicted molar refractivity (Wildman–Crippen MR) is 57.6 cm³/mol. The summed E-state index contributed by atoms with van der Waals surface area (Å²) in [5.74, 6) is 2.55. The number of hydrogen-bond donors (Lipinski definition) is 1. The van der Waals surface area contributed by atoms with Crippen molar-refractivity contribution in [2.24, 2.45) is 5.73 Å². The van der Waals surface area contributed by atoms with E-state index >= 15 is 0 Å². The van der Waals surface area contributed by atoms with Gasteiger partial charge in [-0.3, -0.25) is 0 Å². The van der Waals surface area contributed by atoms with Crippen LogP contribution >= 0.6 is 11.8 Å². The lowest BCUT2D eigenvalue weighted by atomic mass is 9.93. The van der Waals surface area contributed by atoms with Gasteiger partial charge < -0.3 is 5.73 Å². The molecular formula is C10H21NS. The van der Waals surface area contributed by atoms with E-state index in [0.29, 0.717) is 0 Å². The lowest BCUT2D eigenvalue weighted by Crippen LogP contribution is -2.36. The van der Waals surface area contributed by atoms with Gasteiger partial charge in [0.05, 0.1) is 0 Å². The van der Waals surface area contributed by atoms with Crippen molar-refractivity contribution >= 4 is 11.8 Å². The van der Waals surface area contributed by atoms with Crippen LogP contribution in [0.15, 0.2) is 0 Å². The van der Waals surface area contributed by atoms with Gasteiger partial charge in [-0.1, -0.05) is 19.8 Å². The molecule has 1 saturated carbocycles. The molecule has 72 valence electrons. The van der Waals surface area contributed by atoms with E-state index in [4.69, 9.17) is 5.73 Å². The Morgan fingerprint density at radius 3 is 2.58 bits per heavy atom. The van der Waals surface area contributed by atoms with Crippen LogP contribution in [-0.2, 0) is 0 Å². The van der Waals surface area contributed by atoms with Crippen LogP contribution in [0.2, 0.25) is 0 Å². The zero-order valence-electron chi connectivity index (χ0n) is 8.14. The molecule has 0 aromatic rings. The molecule has 1 aliphatic carbocycles. The Balaban J connectivity index is 2.05. The SMILES string of the molecule is CCSCCCC1(N)CCCC1. The highest BCUT2D eigenvalue weighted by Crippen LogP contribution is 2.31. The molecule has 12 heavy (non-hydrogen) atoms. The molecule has 0 bridgehead atoms. The van der Waals surface area contributed by atoms with Crippen molar-refractivity contribution < 1.29 is 0 Å². The van der Waals surface area contributed by atoms with E-state index in [1.54, 1.807) is 0 Å². The van der Waals surface area contributed by atoms with Gasteiger partial charge in [0.25, 0.3) is 0 Å². The molecule has 1 fully saturated rings. The van der Waals surface area contributed by atoms with Crippen molar-refractivity contribution in [1.82, 2.24) is 0 Å². The molecule has 1 nitrogen and oxygen atoms in total. The van der Waals surface area contributed by atoms with Crippen molar-refractivity contribution in [3.05, 3.63) is 0 Å². The summed E-state index contributed by atoms with van der Waals surface area (Å²) < 4.78 is 0. The second-order valence-electron chi connectivity index (χ2n) is 3.87. The Hall–Kier alpha value is 0.310. The molecule has 0 aromatic carbocycles. The van der Waals surface area contributed by atoms with Crippen LogP contribution < -0.4 is 5.73 Å². The second kappa shape index (κ2) is 5.13. The predicted octanol–water partition coefficient (Wildman–Crippen LogP) is 2.79. The average Bonchev–Trinajstić information content (AvgIpc) is 2.47. The third-order valence-electron chi connectivity index (χ3n) is 2.77. The first-order chi connectivity index (χ1) is 5.77. The highest BCUT2D eigenvalue weighted by Gasteiger charge is 2.28. The third kappa shape index (κ3) is 3.36.